The van der Waals surface area contributed by atoms with Crippen molar-refractivity contribution in [2.75, 3.05) is 78.0 Å². The predicted molar refractivity (Wildman–Crippen MR) is 496 cm³/mol. The van der Waals surface area contributed by atoms with Crippen molar-refractivity contribution in [3.63, 3.8) is 0 Å². The van der Waals surface area contributed by atoms with Crippen LogP contribution in [0.1, 0.15) is 140 Å². The Bertz CT molecular complexity index is 5190. The van der Waals surface area contributed by atoms with Gasteiger partial charge in [-0.3, -0.25) is 81.5 Å². The van der Waals surface area contributed by atoms with Gasteiger partial charge in [0.25, 0.3) is 0 Å². The van der Waals surface area contributed by atoms with Gasteiger partial charge in [-0.15, -0.1) is 11.8 Å². The maximum absolute atomic E-state index is 15.8. The lowest BCUT2D eigenvalue weighted by Crippen LogP contribution is -2.65. The van der Waals surface area contributed by atoms with Gasteiger partial charge in [0, 0.05) is 131 Å². The summed E-state index contributed by atoms with van der Waals surface area (Å²) >= 11 is 0.795. The lowest BCUT2D eigenvalue weighted by molar-refractivity contribution is -0.149. The van der Waals surface area contributed by atoms with Gasteiger partial charge in [-0.25, -0.2) is 4.98 Å². The average molecular weight is 1890 g/mol. The minimum Gasteiger partial charge on any atom is -0.508 e. The number of thioether (sulfide) groups is 1. The van der Waals surface area contributed by atoms with Crippen LogP contribution in [0, 0.1) is 11.8 Å². The molecular weight excluding hydrogens is 1770 g/mol. The number of aliphatic hydroxyl groups excluding tert-OH is 2. The molecule has 4 saturated heterocycles. The fraction of sp³-hybridized carbons (Fsp3) is 0.543. The molecule has 10 rings (SSSR count). The number of imidazole rings is 1. The molecule has 135 heavy (non-hydrogen) atoms. The second-order valence-corrected chi connectivity index (χ2v) is 36.4. The molecule has 732 valence electrons. The lowest BCUT2D eigenvalue weighted by Gasteiger charge is -2.38. The number of aromatic nitrogens is 4. The third kappa shape index (κ3) is 28.4. The number of carbonyl (C=O) groups excluding carboxylic acids is 17. The molecule has 4 aliphatic heterocycles. The molecule has 6 aromatic rings. The number of nitrogens with zero attached hydrogens (tertiary/aromatic N) is 6. The summed E-state index contributed by atoms with van der Waals surface area (Å²) in [6, 6.07) is 0.426. The van der Waals surface area contributed by atoms with E-state index in [0.717, 1.165) is 26.5 Å². The zero-order valence-corrected chi connectivity index (χ0v) is 77.7. The number of phenolic OH excluding ortho intramolecular Hbond substituents is 1. The number of phenols is 1. The Morgan fingerprint density at radius 3 is 1.77 bits per heavy atom. The van der Waals surface area contributed by atoms with Crippen molar-refractivity contribution in [1.82, 2.24) is 97.6 Å². The quantitative estimate of drug-likeness (QED) is 0.0284. The van der Waals surface area contributed by atoms with E-state index in [1.54, 1.807) is 74.8 Å². The molecule has 22 N–H and O–H groups in total. The predicted octanol–water partition coefficient (Wildman–Crippen LogP) is -2.41. The maximum Gasteiger partial charge on any atom is 0.246 e. The molecule has 3 aromatic heterocycles. The number of unbranched alkanes of at least 4 members (excludes halogenated alkanes) is 2. The number of amides is 16. The number of ketones is 1. The number of hydrogen-bond acceptors (Lipinski definition) is 24. The Morgan fingerprint density at radius 1 is 0.570 bits per heavy atom. The fourth-order valence-corrected chi connectivity index (χ4v) is 18.4. The molecule has 42 nitrogen and oxygen atoms in total. The molecule has 0 saturated carbocycles. The second-order valence-electron chi connectivity index (χ2n) is 35.3. The van der Waals surface area contributed by atoms with Crippen molar-refractivity contribution in [3.8, 4) is 5.75 Å². The molecule has 0 bridgehead atoms. The van der Waals surface area contributed by atoms with Gasteiger partial charge in [0.15, 0.2) is 5.78 Å². The standard InChI is InChI=1S/C92H128N22O20S/c1-7-9-22-71-84(126)103-63(21-15-29-93)82(124)109-70(81(123)100-45-78(95)120)48-135-49-79(121)102-67(34-52-25-27-57(116)28-26-52)89(131)113-32-30-96-44-75(113)87(129)108-69(40-77(94)119)90(132)112-31-16-24-72(112)85(127)105-65(38-56-43-97-50-101-56)83(125)107-66(33-51(3)4)91(133)114-46-58(117)39-74(114)86(128)104-64(35-53-41-98-61-19-13-11-17-59(53)61)76(118)37-55(47-115)80(122)106-68(36-54-42-99-62-20-14-12-18-60(54)62)88(130)111(6)73(23-10-8-2)92(134)110(71)5/h11-14,17-20,25-28,41-43,50-51,55,58,63-75,96,98-99,115-117H,7-10,15-16,21-24,29-40,44-49,93H2,1-6H3,(H2,94,119)(H2,95,120)(H,97,101)(H,100,123)(H,102,121)(H,103,126)(H,104,128)(H,105,127)(H,106,122)(H,107,125)(H,108,129)(H,109,124)/t55-,58+,63-,64-,65-,66-,67-,68-,69-,70-,71-,72-,73-,74-,75-/m0/s1. The number of nitrogens with one attached hydrogen (secondary N) is 13. The van der Waals surface area contributed by atoms with E-state index >= 15 is 47.9 Å². The second kappa shape index (κ2) is 49.9. The number of hydrogen-bond donors (Lipinski definition) is 19. The summed E-state index contributed by atoms with van der Waals surface area (Å²) in [5.41, 5.74) is 20.3. The number of piperazine rings is 1. The number of benzene rings is 3. The summed E-state index contributed by atoms with van der Waals surface area (Å²) in [4.78, 5) is 271. The fourth-order valence-electron chi connectivity index (χ4n) is 17.6. The summed E-state index contributed by atoms with van der Waals surface area (Å²) in [6.45, 7) is 4.69. The molecule has 43 heteroatoms. The average Bonchev–Trinajstić information content (AvgIpc) is 1.43. The first-order valence-electron chi connectivity index (χ1n) is 46.0. The molecular formula is C92H128N22O20S. The third-order valence-electron chi connectivity index (χ3n) is 24.8. The summed E-state index contributed by atoms with van der Waals surface area (Å²) in [6.07, 6.45) is 3.60. The van der Waals surface area contributed by atoms with Crippen molar-refractivity contribution < 1.29 is 96.8 Å². The number of H-pyrrole nitrogens is 3. The van der Waals surface area contributed by atoms with Crippen LogP contribution in [-0.4, -0.2) is 323 Å². The smallest absolute Gasteiger partial charge is 0.246 e. The Balaban J connectivity index is 1.02. The van der Waals surface area contributed by atoms with E-state index in [9.17, 15) is 48.9 Å². The highest BCUT2D eigenvalue weighted by atomic mass is 32.2. The van der Waals surface area contributed by atoms with E-state index in [2.05, 4.69) is 73.1 Å². The first-order chi connectivity index (χ1) is 64.6. The molecule has 4 aliphatic rings. The first-order valence-corrected chi connectivity index (χ1v) is 47.1. The van der Waals surface area contributed by atoms with Gasteiger partial charge in [0.05, 0.1) is 55.4 Å². The van der Waals surface area contributed by atoms with Crippen molar-refractivity contribution in [2.24, 2.45) is 29.0 Å². The topological polar surface area (TPSA) is 626 Å². The van der Waals surface area contributed by atoms with Crippen LogP contribution in [0.25, 0.3) is 21.8 Å². The summed E-state index contributed by atoms with van der Waals surface area (Å²) in [7, 11) is 2.74. The Kier molecular flexibility index (Phi) is 38.5. The highest BCUT2D eigenvalue weighted by Gasteiger charge is 2.48. The molecule has 0 radical (unpaired) electrons. The number of fused-ring (bicyclic) bond motifs is 5. The first kappa shape index (κ1) is 104. The Hall–Kier alpha value is -12.9. The molecule has 0 aliphatic carbocycles. The van der Waals surface area contributed by atoms with E-state index in [1.165, 1.54) is 60.7 Å². The van der Waals surface area contributed by atoms with Gasteiger partial charge in [-0.1, -0.05) is 102 Å². The van der Waals surface area contributed by atoms with Crippen molar-refractivity contribution in [1.29, 1.82) is 0 Å². The Labute approximate surface area is 785 Å². The Morgan fingerprint density at radius 2 is 1.14 bits per heavy atom. The zero-order chi connectivity index (χ0) is 97.9. The molecule has 16 amide bonds. The van der Waals surface area contributed by atoms with Crippen LogP contribution in [0.4, 0.5) is 0 Å². The van der Waals surface area contributed by atoms with Crippen molar-refractivity contribution in [2.45, 2.75) is 228 Å². The van der Waals surface area contributed by atoms with Crippen molar-refractivity contribution in [3.05, 3.63) is 120 Å². The number of aliphatic hydroxyl groups is 2. The van der Waals surface area contributed by atoms with Crippen LogP contribution >= 0.6 is 11.8 Å². The lowest BCUT2D eigenvalue weighted by atomic mass is 9.93. The highest BCUT2D eigenvalue weighted by molar-refractivity contribution is 8.00. The normalized spacial score (nSPS) is 25.4. The number of carbonyl (C=O) groups is 17. The molecule has 15 atom stereocenters. The minimum absolute atomic E-state index is 0.00684. The zero-order valence-electron chi connectivity index (χ0n) is 76.9. The van der Waals surface area contributed by atoms with Crippen LogP contribution in [0.15, 0.2) is 97.7 Å². The number of nitrogens with two attached hydrogens (primary N) is 3. The van der Waals surface area contributed by atoms with Gasteiger partial charge in [0.2, 0.25) is 94.5 Å². The number of rotatable bonds is 25. The van der Waals surface area contributed by atoms with Crippen LogP contribution in [0.5, 0.6) is 5.75 Å². The van der Waals surface area contributed by atoms with Crippen molar-refractivity contribution >= 4 is 134 Å². The maximum atomic E-state index is 15.8. The van der Waals surface area contributed by atoms with Gasteiger partial charge >= 0.3 is 0 Å². The number of aromatic amines is 3. The summed E-state index contributed by atoms with van der Waals surface area (Å²) < 4.78 is 0. The van der Waals surface area contributed by atoms with Crippen LogP contribution in [-0.2, 0) is 107 Å². The molecule has 3 aromatic carbocycles. The number of Topliss-reactive ketones (excluding diaryl/α,β-unsaturated/α-hetero) is 1. The SMILES string of the molecule is CCCC[C@H]1C(=O)N(C)[C@@H](CCCC)C(=O)N[C@@H](CCCN)C(=O)N[C@H](C(=O)NCC(N)=O)CSCC(=O)N[C@@H](Cc2ccc(O)cc2)C(=O)N2CCNC[C@H]2C(=O)N[C@@H](CC(N)=O)C(=O)N2CCC[C@H]2C(=O)N[C@@H](Cc2c[nH]cn2)C(=O)N[C@@H](CC(C)C)C(=O)N2C[C@H](O)C[C@H]2C(=O)N[C@@H](Cc2c[nH]c3ccccc23)C(=O)C[C@@H](CO)C(=O)N[C@@H](Cc2c[nH]c3ccccc23)C(=O)N1C. The van der Waals surface area contributed by atoms with E-state index in [4.69, 9.17) is 17.2 Å². The van der Waals surface area contributed by atoms with E-state index in [1.807, 2.05) is 13.8 Å². The molecule has 4 fully saturated rings. The largest absolute Gasteiger partial charge is 0.508 e. The number of likely N-dealkylation sites (N-methyl/N-ethyl adjacent to an activating group) is 2. The number of primary amides is 2. The van der Waals surface area contributed by atoms with Gasteiger partial charge < -0.3 is 125 Å². The van der Waals surface area contributed by atoms with Crippen LogP contribution in [0.2, 0.25) is 0 Å². The van der Waals surface area contributed by atoms with E-state index in [-0.39, 0.29) is 127 Å². The number of aromatic hydroxyl groups is 1. The van der Waals surface area contributed by atoms with Crippen LogP contribution in [0.3, 0.4) is 0 Å². The number of para-hydroxylation sites is 2. The summed E-state index contributed by atoms with van der Waals surface area (Å²) in [5.74, 6) is -18.3. The highest BCUT2D eigenvalue weighted by Crippen LogP contribution is 2.29. The van der Waals surface area contributed by atoms with Gasteiger partial charge in [-0.2, -0.15) is 0 Å². The van der Waals surface area contributed by atoms with Gasteiger partial charge in [0.1, 0.15) is 78.3 Å². The third-order valence-corrected chi connectivity index (χ3v) is 25.9. The van der Waals surface area contributed by atoms with E-state index < -0.39 is 235 Å². The summed E-state index contributed by atoms with van der Waals surface area (Å²) in [5, 5.41) is 61.8. The molecule has 0 spiro atoms. The van der Waals surface area contributed by atoms with E-state index in [0.29, 0.717) is 64.2 Å². The monoisotopic (exact) mass is 1890 g/mol. The minimum atomic E-state index is -1.77. The molecule has 0 unspecified atom stereocenters. The van der Waals surface area contributed by atoms with Gasteiger partial charge in [-0.05, 0) is 98.4 Å². The molecule has 7 heterocycles. The van der Waals surface area contributed by atoms with Crippen LogP contribution < -0.4 is 70.4 Å².